The number of carbonyl (C=O) groups is 2. The van der Waals surface area contributed by atoms with Crippen LogP contribution in [0.3, 0.4) is 0 Å². The molecule has 0 radical (unpaired) electrons. The number of imidazole rings is 1. The Balaban J connectivity index is 1.75. The molecule has 4 rings (SSSR count). The number of benzene rings is 2. The van der Waals surface area contributed by atoms with Crippen LogP contribution in [-0.2, 0) is 32.2 Å². The molecule has 1 saturated heterocycles. The highest BCUT2D eigenvalue weighted by atomic mass is 35.5. The van der Waals surface area contributed by atoms with Gasteiger partial charge in [-0.25, -0.2) is 19.0 Å². The van der Waals surface area contributed by atoms with Gasteiger partial charge in [0, 0.05) is 33.6 Å². The predicted molar refractivity (Wildman–Crippen MR) is 109 cm³/mol. The molecule has 31 heavy (non-hydrogen) atoms. The van der Waals surface area contributed by atoms with E-state index in [2.05, 4.69) is 4.98 Å². The molecule has 0 unspecified atom stereocenters. The number of cyclic esters (lactones) is 2. The molecule has 0 atom stereocenters. The van der Waals surface area contributed by atoms with Crippen molar-refractivity contribution in [1.29, 1.82) is 0 Å². The van der Waals surface area contributed by atoms with Gasteiger partial charge in [-0.3, -0.25) is 0 Å². The maximum absolute atomic E-state index is 14.2. The third kappa shape index (κ3) is 4.55. The molecule has 0 N–H and O–H groups in total. The molecule has 0 aliphatic carbocycles. The Labute approximate surface area is 185 Å². The van der Waals surface area contributed by atoms with Crippen molar-refractivity contribution in [1.82, 2.24) is 9.55 Å². The SMILES string of the molecule is O=C1OC(=C(Cn2ccnc2)c2cc(F)ccc2OCc2c(Cl)cccc2Cl)OC1=O. The summed E-state index contributed by atoms with van der Waals surface area (Å²) in [4.78, 5) is 27.1. The van der Waals surface area contributed by atoms with E-state index in [4.69, 9.17) is 37.4 Å². The summed E-state index contributed by atoms with van der Waals surface area (Å²) in [6.45, 7) is 0.0486. The maximum atomic E-state index is 14.2. The van der Waals surface area contributed by atoms with Crippen LogP contribution >= 0.6 is 23.2 Å². The minimum absolute atomic E-state index is 0.00952. The lowest BCUT2D eigenvalue weighted by atomic mass is 10.0. The lowest BCUT2D eigenvalue weighted by molar-refractivity contribution is -0.150. The predicted octanol–water partition coefficient (Wildman–Crippen LogP) is 4.38. The molecule has 158 valence electrons. The lowest BCUT2D eigenvalue weighted by Crippen LogP contribution is -2.06. The molecule has 0 amide bonds. The fourth-order valence-corrected chi connectivity index (χ4v) is 3.41. The number of halogens is 3. The van der Waals surface area contributed by atoms with Gasteiger partial charge in [0.05, 0.1) is 18.4 Å². The molecule has 2 heterocycles. The van der Waals surface area contributed by atoms with Gasteiger partial charge >= 0.3 is 17.9 Å². The number of allylic oxidation sites excluding steroid dienone is 1. The van der Waals surface area contributed by atoms with E-state index in [1.165, 1.54) is 30.7 Å². The van der Waals surface area contributed by atoms with Crippen LogP contribution in [0.2, 0.25) is 10.0 Å². The molecular formula is C21H13Cl2FN2O5. The molecule has 1 aliphatic rings. The smallest absolute Gasteiger partial charge is 0.425 e. The molecule has 2 aromatic carbocycles. The van der Waals surface area contributed by atoms with Gasteiger partial charge in [0.2, 0.25) is 0 Å². The summed E-state index contributed by atoms with van der Waals surface area (Å²) < 4.78 is 31.6. The zero-order valence-corrected chi connectivity index (χ0v) is 17.2. The second-order valence-electron chi connectivity index (χ2n) is 6.41. The Morgan fingerprint density at radius 1 is 1.10 bits per heavy atom. The Morgan fingerprint density at radius 2 is 1.81 bits per heavy atom. The first-order chi connectivity index (χ1) is 14.9. The number of rotatable bonds is 6. The number of hydrogen-bond acceptors (Lipinski definition) is 6. The molecule has 1 aromatic heterocycles. The van der Waals surface area contributed by atoms with Crippen molar-refractivity contribution in [3.8, 4) is 5.75 Å². The maximum Gasteiger partial charge on any atom is 0.425 e. The van der Waals surface area contributed by atoms with Crippen LogP contribution in [-0.4, -0.2) is 21.5 Å². The van der Waals surface area contributed by atoms with Crippen molar-refractivity contribution in [2.75, 3.05) is 0 Å². The Bertz CT molecular complexity index is 1160. The van der Waals surface area contributed by atoms with Crippen LogP contribution in [0.25, 0.3) is 5.57 Å². The van der Waals surface area contributed by atoms with E-state index in [-0.39, 0.29) is 36.0 Å². The topological polar surface area (TPSA) is 79.7 Å². The number of carbonyl (C=O) groups excluding carboxylic acids is 2. The molecular weight excluding hydrogens is 450 g/mol. The Hall–Kier alpha value is -3.36. The van der Waals surface area contributed by atoms with Gasteiger partial charge in [-0.2, -0.15) is 0 Å². The first-order valence-electron chi connectivity index (χ1n) is 8.91. The van der Waals surface area contributed by atoms with Crippen LogP contribution in [0.15, 0.2) is 61.1 Å². The third-order valence-electron chi connectivity index (χ3n) is 4.38. The number of aromatic nitrogens is 2. The van der Waals surface area contributed by atoms with Crippen LogP contribution in [0.5, 0.6) is 5.75 Å². The van der Waals surface area contributed by atoms with E-state index < -0.39 is 17.8 Å². The fourth-order valence-electron chi connectivity index (χ4n) is 2.90. The van der Waals surface area contributed by atoms with Gasteiger partial charge in [-0.15, -0.1) is 0 Å². The van der Waals surface area contributed by atoms with Crippen molar-refractivity contribution in [3.63, 3.8) is 0 Å². The van der Waals surface area contributed by atoms with Gasteiger partial charge in [0.1, 0.15) is 18.2 Å². The van der Waals surface area contributed by atoms with Gasteiger partial charge in [-0.1, -0.05) is 29.3 Å². The quantitative estimate of drug-likeness (QED) is 0.399. The Morgan fingerprint density at radius 3 is 2.45 bits per heavy atom. The number of esters is 2. The Kier molecular flexibility index (Phi) is 5.92. The summed E-state index contributed by atoms with van der Waals surface area (Å²) in [5, 5.41) is 0.818. The highest BCUT2D eigenvalue weighted by molar-refractivity contribution is 6.36. The van der Waals surface area contributed by atoms with E-state index >= 15 is 0 Å². The number of nitrogens with zero attached hydrogens (tertiary/aromatic N) is 2. The van der Waals surface area contributed by atoms with Gasteiger partial charge in [0.25, 0.3) is 0 Å². The molecule has 0 bridgehead atoms. The number of hydrogen-bond donors (Lipinski definition) is 0. The standard InChI is InChI=1S/C21H13Cl2FN2O5/c22-16-2-1-3-17(23)15(16)10-29-18-5-4-12(24)8-13(18)14(9-26-7-6-25-11-26)21-30-19(27)20(28)31-21/h1-8,11H,9-10H2. The minimum atomic E-state index is -1.17. The molecule has 0 saturated carbocycles. The van der Waals surface area contributed by atoms with E-state index in [1.807, 2.05) is 0 Å². The van der Waals surface area contributed by atoms with Gasteiger partial charge < -0.3 is 18.8 Å². The third-order valence-corrected chi connectivity index (χ3v) is 5.09. The minimum Gasteiger partial charge on any atom is -0.488 e. The summed E-state index contributed by atoms with van der Waals surface area (Å²) >= 11 is 12.4. The number of ether oxygens (including phenoxy) is 3. The van der Waals surface area contributed by atoms with Crippen LogP contribution < -0.4 is 4.74 Å². The van der Waals surface area contributed by atoms with Crippen LogP contribution in [0, 0.1) is 5.82 Å². The van der Waals surface area contributed by atoms with Crippen molar-refractivity contribution >= 4 is 40.7 Å². The second-order valence-corrected chi connectivity index (χ2v) is 7.22. The molecule has 7 nitrogen and oxygen atoms in total. The van der Waals surface area contributed by atoms with E-state index in [0.29, 0.717) is 15.6 Å². The van der Waals surface area contributed by atoms with Crippen LogP contribution in [0.4, 0.5) is 4.39 Å². The zero-order valence-electron chi connectivity index (χ0n) is 15.7. The van der Waals surface area contributed by atoms with Crippen molar-refractivity contribution in [2.45, 2.75) is 13.2 Å². The molecule has 1 fully saturated rings. The summed E-state index contributed by atoms with van der Waals surface area (Å²) in [5.41, 5.74) is 0.968. The largest absolute Gasteiger partial charge is 0.488 e. The average Bonchev–Trinajstić information content (AvgIpc) is 3.36. The van der Waals surface area contributed by atoms with Crippen LogP contribution in [0.1, 0.15) is 11.1 Å². The second kappa shape index (κ2) is 8.79. The first kappa shape index (κ1) is 20.9. The average molecular weight is 463 g/mol. The molecule has 10 heteroatoms. The van der Waals surface area contributed by atoms with E-state index in [9.17, 15) is 14.0 Å². The van der Waals surface area contributed by atoms with E-state index in [0.717, 1.165) is 0 Å². The summed E-state index contributed by atoms with van der Waals surface area (Å²) in [6.07, 6.45) is 4.68. The van der Waals surface area contributed by atoms with Crippen molar-refractivity contribution in [3.05, 3.63) is 88.1 Å². The molecule has 1 aliphatic heterocycles. The summed E-state index contributed by atoms with van der Waals surface area (Å²) in [6, 6.07) is 8.83. The highest BCUT2D eigenvalue weighted by Gasteiger charge is 2.34. The molecule has 0 spiro atoms. The van der Waals surface area contributed by atoms with Crippen molar-refractivity contribution in [2.24, 2.45) is 0 Å². The van der Waals surface area contributed by atoms with Crippen molar-refractivity contribution < 1.29 is 28.2 Å². The summed E-state index contributed by atoms with van der Waals surface area (Å²) in [5.74, 6) is -3.02. The molecule has 3 aromatic rings. The fraction of sp³-hybridized carbons (Fsp3) is 0.0952. The highest BCUT2D eigenvalue weighted by Crippen LogP contribution is 2.34. The van der Waals surface area contributed by atoms with Gasteiger partial charge in [-0.05, 0) is 30.3 Å². The monoisotopic (exact) mass is 462 g/mol. The normalized spacial score (nSPS) is 13.2. The first-order valence-corrected chi connectivity index (χ1v) is 9.66. The lowest BCUT2D eigenvalue weighted by Gasteiger charge is -2.16. The van der Waals surface area contributed by atoms with Gasteiger partial charge in [0.15, 0.2) is 0 Å². The van der Waals surface area contributed by atoms with E-state index in [1.54, 1.807) is 29.0 Å². The summed E-state index contributed by atoms with van der Waals surface area (Å²) in [7, 11) is 0. The zero-order chi connectivity index (χ0) is 22.0.